The smallest absolute Gasteiger partial charge is 0.322 e. The second kappa shape index (κ2) is 6.55. The van der Waals surface area contributed by atoms with E-state index < -0.39 is 15.5 Å². The standard InChI is InChI=1S/C12H14N2O7/c1-7-10(19-2)9(14(17)18)8(5-6-13(15)16)12(21-4)11(7)20-3/h5-6H,1-4H3/b6-5+. The van der Waals surface area contributed by atoms with Gasteiger partial charge in [-0.3, -0.25) is 20.2 Å². The highest BCUT2D eigenvalue weighted by atomic mass is 16.6. The van der Waals surface area contributed by atoms with Crippen molar-refractivity contribution in [2.24, 2.45) is 0 Å². The molecule has 0 N–H and O–H groups in total. The highest BCUT2D eigenvalue weighted by molar-refractivity contribution is 5.78. The second-order valence-corrected chi connectivity index (χ2v) is 3.85. The number of hydrogen-bond donors (Lipinski definition) is 0. The van der Waals surface area contributed by atoms with Crippen molar-refractivity contribution in [3.63, 3.8) is 0 Å². The number of nitro groups is 2. The summed E-state index contributed by atoms with van der Waals surface area (Å²) < 4.78 is 15.3. The zero-order chi connectivity index (χ0) is 16.2. The first-order valence-electron chi connectivity index (χ1n) is 5.67. The van der Waals surface area contributed by atoms with Crippen molar-refractivity contribution in [2.75, 3.05) is 21.3 Å². The Hall–Kier alpha value is -2.84. The van der Waals surface area contributed by atoms with Gasteiger partial charge in [-0.15, -0.1) is 0 Å². The quantitative estimate of drug-likeness (QED) is 0.584. The van der Waals surface area contributed by atoms with Gasteiger partial charge in [-0.25, -0.2) is 0 Å². The zero-order valence-electron chi connectivity index (χ0n) is 11.9. The summed E-state index contributed by atoms with van der Waals surface area (Å²) in [6.07, 6.45) is 1.56. The fourth-order valence-electron chi connectivity index (χ4n) is 1.97. The number of ether oxygens (including phenoxy) is 3. The summed E-state index contributed by atoms with van der Waals surface area (Å²) in [4.78, 5) is 20.3. The van der Waals surface area contributed by atoms with Gasteiger partial charge in [0.1, 0.15) is 5.56 Å². The molecule has 0 spiro atoms. The Balaban J connectivity index is 3.85. The van der Waals surface area contributed by atoms with E-state index in [1.807, 2.05) is 0 Å². The van der Waals surface area contributed by atoms with E-state index in [4.69, 9.17) is 14.2 Å². The van der Waals surface area contributed by atoms with Crippen LogP contribution in [-0.2, 0) is 0 Å². The Kier molecular flexibility index (Phi) is 5.06. The van der Waals surface area contributed by atoms with Gasteiger partial charge in [-0.1, -0.05) is 0 Å². The minimum atomic E-state index is -0.734. The van der Waals surface area contributed by atoms with Gasteiger partial charge < -0.3 is 14.2 Å². The van der Waals surface area contributed by atoms with Crippen LogP contribution in [0.5, 0.6) is 17.2 Å². The van der Waals surface area contributed by atoms with E-state index in [-0.39, 0.29) is 22.8 Å². The lowest BCUT2D eigenvalue weighted by Gasteiger charge is -2.16. The first kappa shape index (κ1) is 16.2. The van der Waals surface area contributed by atoms with E-state index >= 15 is 0 Å². The largest absolute Gasteiger partial charge is 0.492 e. The third-order valence-electron chi connectivity index (χ3n) is 2.76. The van der Waals surface area contributed by atoms with Gasteiger partial charge in [0.15, 0.2) is 11.5 Å². The van der Waals surface area contributed by atoms with Gasteiger partial charge in [0.2, 0.25) is 11.9 Å². The van der Waals surface area contributed by atoms with Crippen molar-refractivity contribution in [3.8, 4) is 17.2 Å². The summed E-state index contributed by atoms with van der Waals surface area (Å²) in [6, 6.07) is 0. The average Bonchev–Trinajstić information content (AvgIpc) is 2.43. The summed E-state index contributed by atoms with van der Waals surface area (Å²) in [5.41, 5.74) is -0.161. The summed E-state index contributed by atoms with van der Waals surface area (Å²) in [5.74, 6) is 0.198. The normalized spacial score (nSPS) is 10.5. The summed E-state index contributed by atoms with van der Waals surface area (Å²) in [5, 5.41) is 21.8. The average molecular weight is 298 g/mol. The molecule has 9 nitrogen and oxygen atoms in total. The van der Waals surface area contributed by atoms with E-state index in [0.29, 0.717) is 11.8 Å². The molecular weight excluding hydrogens is 284 g/mol. The van der Waals surface area contributed by atoms with Crippen LogP contribution < -0.4 is 14.2 Å². The number of benzene rings is 1. The van der Waals surface area contributed by atoms with Gasteiger partial charge in [-0.2, -0.15) is 0 Å². The maximum absolute atomic E-state index is 11.3. The Bertz CT molecular complexity index is 610. The maximum atomic E-state index is 11.3. The van der Waals surface area contributed by atoms with Crippen molar-refractivity contribution in [1.82, 2.24) is 0 Å². The van der Waals surface area contributed by atoms with E-state index in [2.05, 4.69) is 0 Å². The predicted octanol–water partition coefficient (Wildman–Crippen LogP) is 2.18. The molecule has 0 saturated carbocycles. The zero-order valence-corrected chi connectivity index (χ0v) is 11.9. The van der Waals surface area contributed by atoms with Crippen LogP contribution in [0.1, 0.15) is 11.1 Å². The van der Waals surface area contributed by atoms with Crippen molar-refractivity contribution in [3.05, 3.63) is 37.6 Å². The van der Waals surface area contributed by atoms with Gasteiger partial charge in [0, 0.05) is 11.6 Å². The molecule has 9 heteroatoms. The molecule has 0 aromatic heterocycles. The number of nitro benzene ring substituents is 1. The lowest BCUT2D eigenvalue weighted by atomic mass is 10.0. The molecule has 21 heavy (non-hydrogen) atoms. The van der Waals surface area contributed by atoms with Crippen LogP contribution in [0.2, 0.25) is 0 Å². The van der Waals surface area contributed by atoms with Crippen molar-refractivity contribution < 1.29 is 24.1 Å². The second-order valence-electron chi connectivity index (χ2n) is 3.85. The fourth-order valence-corrected chi connectivity index (χ4v) is 1.97. The van der Waals surface area contributed by atoms with Crippen molar-refractivity contribution in [2.45, 2.75) is 6.92 Å². The summed E-state index contributed by atoms with van der Waals surface area (Å²) in [6.45, 7) is 1.56. The first-order chi connectivity index (χ1) is 9.88. The minimum Gasteiger partial charge on any atom is -0.492 e. The van der Waals surface area contributed by atoms with Crippen molar-refractivity contribution in [1.29, 1.82) is 0 Å². The van der Waals surface area contributed by atoms with E-state index in [1.165, 1.54) is 21.3 Å². The third kappa shape index (κ3) is 3.02. The molecule has 0 aliphatic carbocycles. The predicted molar refractivity (Wildman–Crippen MR) is 73.5 cm³/mol. The molecule has 0 aliphatic heterocycles. The van der Waals surface area contributed by atoms with E-state index in [9.17, 15) is 20.2 Å². The molecule has 0 atom stereocenters. The third-order valence-corrected chi connectivity index (χ3v) is 2.76. The maximum Gasteiger partial charge on any atom is 0.322 e. The van der Waals surface area contributed by atoms with Crippen LogP contribution in [0.4, 0.5) is 5.69 Å². The Morgan fingerprint density at radius 3 is 1.86 bits per heavy atom. The summed E-state index contributed by atoms with van der Waals surface area (Å²) >= 11 is 0. The lowest BCUT2D eigenvalue weighted by Crippen LogP contribution is -2.04. The topological polar surface area (TPSA) is 114 Å². The monoisotopic (exact) mass is 298 g/mol. The Morgan fingerprint density at radius 2 is 1.48 bits per heavy atom. The molecule has 0 bridgehead atoms. The number of rotatable bonds is 6. The van der Waals surface area contributed by atoms with E-state index in [1.54, 1.807) is 6.92 Å². The summed E-state index contributed by atoms with van der Waals surface area (Å²) in [7, 11) is 3.91. The first-order valence-corrected chi connectivity index (χ1v) is 5.67. The molecule has 0 unspecified atom stereocenters. The highest BCUT2D eigenvalue weighted by Crippen LogP contribution is 2.48. The fraction of sp³-hybridized carbons (Fsp3) is 0.333. The molecule has 1 aromatic carbocycles. The molecule has 0 heterocycles. The number of hydrogen-bond acceptors (Lipinski definition) is 7. The molecule has 0 aliphatic rings. The highest BCUT2D eigenvalue weighted by Gasteiger charge is 2.31. The molecule has 0 amide bonds. The number of methoxy groups -OCH3 is 3. The molecule has 1 aromatic rings. The van der Waals surface area contributed by atoms with Crippen LogP contribution in [-0.4, -0.2) is 31.2 Å². The van der Waals surface area contributed by atoms with Gasteiger partial charge in [0.05, 0.1) is 31.2 Å². The molecular formula is C12H14N2O7. The Morgan fingerprint density at radius 1 is 0.952 bits per heavy atom. The molecule has 0 saturated heterocycles. The number of nitrogens with zero attached hydrogens (tertiary/aromatic N) is 2. The minimum absolute atomic E-state index is 0.0283. The van der Waals surface area contributed by atoms with E-state index in [0.717, 1.165) is 6.08 Å². The van der Waals surface area contributed by atoms with Gasteiger partial charge in [-0.05, 0) is 6.92 Å². The molecule has 1 rings (SSSR count). The Labute approximate surface area is 120 Å². The lowest BCUT2D eigenvalue weighted by molar-refractivity contribution is -0.401. The van der Waals surface area contributed by atoms with Crippen LogP contribution >= 0.6 is 0 Å². The van der Waals surface area contributed by atoms with Crippen molar-refractivity contribution >= 4 is 11.8 Å². The van der Waals surface area contributed by atoms with Crippen LogP contribution in [0.3, 0.4) is 0 Å². The molecule has 114 valence electrons. The SMILES string of the molecule is COc1c(C)c(OC)c([N+](=O)[O-])c(/C=C/[N+](=O)[O-])c1OC. The van der Waals surface area contributed by atoms with Gasteiger partial charge >= 0.3 is 5.69 Å². The van der Waals surface area contributed by atoms with Crippen LogP contribution in [0, 0.1) is 27.2 Å². The van der Waals surface area contributed by atoms with Crippen LogP contribution in [0.25, 0.3) is 6.08 Å². The van der Waals surface area contributed by atoms with Crippen LogP contribution in [0.15, 0.2) is 6.20 Å². The van der Waals surface area contributed by atoms with Gasteiger partial charge in [0.25, 0.3) is 0 Å². The molecule has 0 radical (unpaired) electrons. The molecule has 0 fully saturated rings.